The molecule has 0 saturated carbocycles. The van der Waals surface area contributed by atoms with E-state index in [2.05, 4.69) is 0 Å². The van der Waals surface area contributed by atoms with Crippen molar-refractivity contribution >= 4 is 17.6 Å². The summed E-state index contributed by atoms with van der Waals surface area (Å²) in [7, 11) is 0. The second-order valence-corrected chi connectivity index (χ2v) is 3.47. The molecule has 1 aromatic carbocycles. The first-order valence-electron chi connectivity index (χ1n) is 4.80. The summed E-state index contributed by atoms with van der Waals surface area (Å²) >= 11 is 5.60. The van der Waals surface area contributed by atoms with Crippen LogP contribution in [0.3, 0.4) is 0 Å². The molecule has 4 heteroatoms. The first kappa shape index (κ1) is 12.0. The lowest BCUT2D eigenvalue weighted by Gasteiger charge is -2.04. The van der Waals surface area contributed by atoms with Crippen molar-refractivity contribution < 1.29 is 9.53 Å². The van der Waals surface area contributed by atoms with Crippen LogP contribution >= 0.6 is 11.6 Å². The number of benzene rings is 1. The summed E-state index contributed by atoms with van der Waals surface area (Å²) in [5.41, 5.74) is 6.74. The quantitative estimate of drug-likeness (QED) is 0.475. The summed E-state index contributed by atoms with van der Waals surface area (Å²) in [6.07, 6.45) is 1.77. The minimum atomic E-state index is -0.384. The maximum Gasteiger partial charge on any atom is 0.339 e. The zero-order valence-corrected chi connectivity index (χ0v) is 9.17. The van der Waals surface area contributed by atoms with Crippen LogP contribution in [0.15, 0.2) is 24.3 Å². The lowest BCUT2D eigenvalue weighted by atomic mass is 10.1. The molecule has 0 unspecified atom stereocenters. The van der Waals surface area contributed by atoms with Gasteiger partial charge in [0.15, 0.2) is 0 Å². The van der Waals surface area contributed by atoms with Gasteiger partial charge in [-0.2, -0.15) is 0 Å². The predicted octanol–water partition coefficient (Wildman–Crippen LogP) is 1.93. The molecule has 0 radical (unpaired) electrons. The van der Waals surface area contributed by atoms with E-state index in [1.165, 1.54) is 0 Å². The van der Waals surface area contributed by atoms with Gasteiger partial charge in [0.25, 0.3) is 0 Å². The van der Waals surface area contributed by atoms with E-state index in [-0.39, 0.29) is 12.7 Å². The SMILES string of the molecule is NCOC(=O)c1cccc(CCCCl)c1. The Morgan fingerprint density at radius 3 is 2.93 bits per heavy atom. The highest BCUT2D eigenvalue weighted by Gasteiger charge is 2.06. The van der Waals surface area contributed by atoms with Gasteiger partial charge in [0.1, 0.15) is 6.73 Å². The molecule has 0 bridgehead atoms. The topological polar surface area (TPSA) is 52.3 Å². The zero-order valence-electron chi connectivity index (χ0n) is 8.41. The van der Waals surface area contributed by atoms with Crippen molar-refractivity contribution in [3.8, 4) is 0 Å². The van der Waals surface area contributed by atoms with E-state index in [4.69, 9.17) is 22.1 Å². The van der Waals surface area contributed by atoms with Gasteiger partial charge in [0.2, 0.25) is 0 Å². The van der Waals surface area contributed by atoms with Crippen LogP contribution < -0.4 is 5.73 Å². The van der Waals surface area contributed by atoms with Crippen LogP contribution in [-0.2, 0) is 11.2 Å². The van der Waals surface area contributed by atoms with Crippen molar-refractivity contribution in [2.45, 2.75) is 12.8 Å². The van der Waals surface area contributed by atoms with E-state index in [1.54, 1.807) is 6.07 Å². The molecule has 0 aliphatic rings. The molecule has 2 N–H and O–H groups in total. The molecule has 0 fully saturated rings. The molecule has 1 rings (SSSR count). The molecule has 3 nitrogen and oxygen atoms in total. The second-order valence-electron chi connectivity index (χ2n) is 3.09. The fourth-order valence-corrected chi connectivity index (χ4v) is 1.42. The van der Waals surface area contributed by atoms with E-state index in [0.717, 1.165) is 18.4 Å². The molecular weight excluding hydrogens is 214 g/mol. The Labute approximate surface area is 94.2 Å². The van der Waals surface area contributed by atoms with E-state index < -0.39 is 0 Å². The molecule has 0 heterocycles. The molecule has 0 spiro atoms. The highest BCUT2D eigenvalue weighted by molar-refractivity contribution is 6.17. The number of esters is 1. The monoisotopic (exact) mass is 227 g/mol. The number of hydrogen-bond acceptors (Lipinski definition) is 3. The molecule has 0 aliphatic carbocycles. The molecule has 0 saturated heterocycles. The first-order valence-corrected chi connectivity index (χ1v) is 5.33. The van der Waals surface area contributed by atoms with Crippen LogP contribution in [0.25, 0.3) is 0 Å². The molecule has 0 amide bonds. The van der Waals surface area contributed by atoms with Gasteiger partial charge in [-0.1, -0.05) is 12.1 Å². The van der Waals surface area contributed by atoms with Crippen molar-refractivity contribution in [1.82, 2.24) is 0 Å². The van der Waals surface area contributed by atoms with E-state index >= 15 is 0 Å². The molecule has 0 atom stereocenters. The van der Waals surface area contributed by atoms with Crippen LogP contribution in [-0.4, -0.2) is 18.6 Å². The number of carbonyl (C=O) groups excluding carboxylic acids is 1. The third kappa shape index (κ3) is 3.90. The summed E-state index contributed by atoms with van der Waals surface area (Å²) in [6.45, 7) is -0.0925. The Bertz CT molecular complexity index is 328. The Balaban J connectivity index is 2.69. The molecule has 1 aromatic rings. The molecule has 0 aliphatic heterocycles. The van der Waals surface area contributed by atoms with Gasteiger partial charge in [0, 0.05) is 5.88 Å². The number of rotatable bonds is 5. The van der Waals surface area contributed by atoms with Gasteiger partial charge < -0.3 is 4.74 Å². The van der Waals surface area contributed by atoms with Gasteiger partial charge in [-0.05, 0) is 30.5 Å². The van der Waals surface area contributed by atoms with Gasteiger partial charge >= 0.3 is 5.97 Å². The van der Waals surface area contributed by atoms with E-state index in [1.807, 2.05) is 18.2 Å². The number of carbonyl (C=O) groups is 1. The van der Waals surface area contributed by atoms with Gasteiger partial charge in [0.05, 0.1) is 5.56 Å². The number of nitrogens with two attached hydrogens (primary N) is 1. The fraction of sp³-hybridized carbons (Fsp3) is 0.364. The first-order chi connectivity index (χ1) is 7.27. The van der Waals surface area contributed by atoms with E-state index in [9.17, 15) is 4.79 Å². The average Bonchev–Trinajstić information content (AvgIpc) is 2.27. The van der Waals surface area contributed by atoms with Gasteiger partial charge in [-0.3, -0.25) is 5.73 Å². The fourth-order valence-electron chi connectivity index (χ4n) is 1.28. The van der Waals surface area contributed by atoms with Gasteiger partial charge in [-0.25, -0.2) is 4.79 Å². The maximum absolute atomic E-state index is 11.3. The normalized spacial score (nSPS) is 10.0. The Morgan fingerprint density at radius 2 is 2.27 bits per heavy atom. The smallest absolute Gasteiger partial charge is 0.339 e. The highest BCUT2D eigenvalue weighted by atomic mass is 35.5. The largest absolute Gasteiger partial charge is 0.446 e. The lowest BCUT2D eigenvalue weighted by molar-refractivity contribution is 0.0515. The number of aryl methyl sites for hydroxylation is 1. The van der Waals surface area contributed by atoms with Crippen molar-refractivity contribution in [3.63, 3.8) is 0 Å². The molecular formula is C11H14ClNO2. The summed E-state index contributed by atoms with van der Waals surface area (Å²) in [6, 6.07) is 7.31. The standard InChI is InChI=1S/C11H14ClNO2/c12-6-2-4-9-3-1-5-10(7-9)11(14)15-8-13/h1,3,5,7H,2,4,6,8,13H2. The van der Waals surface area contributed by atoms with Crippen LogP contribution in [0.5, 0.6) is 0 Å². The number of ether oxygens (including phenoxy) is 1. The highest BCUT2D eigenvalue weighted by Crippen LogP contribution is 2.09. The van der Waals surface area contributed by atoms with Crippen LogP contribution in [0.4, 0.5) is 0 Å². The third-order valence-corrected chi connectivity index (χ3v) is 2.24. The number of halogens is 1. The third-order valence-electron chi connectivity index (χ3n) is 1.98. The minimum Gasteiger partial charge on any atom is -0.446 e. The lowest BCUT2D eigenvalue weighted by Crippen LogP contribution is -2.12. The summed E-state index contributed by atoms with van der Waals surface area (Å²) in [5, 5.41) is 0. The van der Waals surface area contributed by atoms with Crippen molar-refractivity contribution in [2.75, 3.05) is 12.6 Å². The Hall–Kier alpha value is -1.06. The van der Waals surface area contributed by atoms with Crippen LogP contribution in [0.1, 0.15) is 22.3 Å². The Morgan fingerprint density at radius 1 is 1.47 bits per heavy atom. The summed E-state index contributed by atoms with van der Waals surface area (Å²) in [5.74, 6) is 0.238. The van der Waals surface area contributed by atoms with Crippen LogP contribution in [0.2, 0.25) is 0 Å². The zero-order chi connectivity index (χ0) is 11.1. The predicted molar refractivity (Wildman–Crippen MR) is 60.0 cm³/mol. The summed E-state index contributed by atoms with van der Waals surface area (Å²) < 4.78 is 4.70. The molecule has 15 heavy (non-hydrogen) atoms. The van der Waals surface area contributed by atoms with E-state index in [0.29, 0.717) is 11.4 Å². The second kappa shape index (κ2) is 6.43. The number of alkyl halides is 1. The minimum absolute atomic E-state index is 0.0925. The Kier molecular flexibility index (Phi) is 5.15. The van der Waals surface area contributed by atoms with Crippen molar-refractivity contribution in [2.24, 2.45) is 5.73 Å². The molecule has 0 aromatic heterocycles. The van der Waals surface area contributed by atoms with Crippen molar-refractivity contribution in [3.05, 3.63) is 35.4 Å². The van der Waals surface area contributed by atoms with Crippen LogP contribution in [0, 0.1) is 0 Å². The number of hydrogen-bond donors (Lipinski definition) is 1. The maximum atomic E-state index is 11.3. The summed E-state index contributed by atoms with van der Waals surface area (Å²) in [4.78, 5) is 11.3. The van der Waals surface area contributed by atoms with Crippen molar-refractivity contribution in [1.29, 1.82) is 0 Å². The molecule has 82 valence electrons. The van der Waals surface area contributed by atoms with Gasteiger partial charge in [-0.15, -0.1) is 11.6 Å². The average molecular weight is 228 g/mol.